The summed E-state index contributed by atoms with van der Waals surface area (Å²) < 4.78 is 30.8. The second kappa shape index (κ2) is 7.90. The molecule has 0 aromatic heterocycles. The first kappa shape index (κ1) is 18.1. The van der Waals surface area contributed by atoms with Gasteiger partial charge in [-0.3, -0.25) is 4.55 Å². The average Bonchev–Trinajstić information content (AvgIpc) is 2.17. The molecule has 0 rings (SSSR count). The molecule has 0 saturated heterocycles. The van der Waals surface area contributed by atoms with Gasteiger partial charge in [-0.2, -0.15) is 12.7 Å². The maximum atomic E-state index is 10.9. The van der Waals surface area contributed by atoms with Crippen LogP contribution in [0.3, 0.4) is 0 Å². The Morgan fingerprint density at radius 2 is 1.12 bits per heavy atom. The quantitative estimate of drug-likeness (QED) is 0.317. The van der Waals surface area contributed by atoms with Crippen LogP contribution in [0.2, 0.25) is 0 Å². The number of aliphatic hydroxyl groups is 4. The topological polar surface area (TPSA) is 139 Å². The van der Waals surface area contributed by atoms with Crippen LogP contribution in [-0.4, -0.2) is 76.2 Å². The Labute approximate surface area is 94.6 Å². The predicted molar refractivity (Wildman–Crippen MR) is 56.0 cm³/mol. The van der Waals surface area contributed by atoms with Gasteiger partial charge in [-0.25, -0.2) is 0 Å². The molecule has 0 saturated carbocycles. The van der Waals surface area contributed by atoms with Crippen LogP contribution in [-0.2, 0) is 10.3 Å². The molecule has 0 amide bonds. The third-order valence-corrected chi connectivity index (χ3v) is 2.96. The molecule has 5 N–H and O–H groups in total. The van der Waals surface area contributed by atoms with E-state index in [0.717, 1.165) is 0 Å². The summed E-state index contributed by atoms with van der Waals surface area (Å²) >= 11 is 0. The second-order valence-electron chi connectivity index (χ2n) is 2.85. The number of hydrogen-bond acceptors (Lipinski definition) is 6. The Balaban J connectivity index is 0. The Bertz CT molecular complexity index is 248. The number of nitrogens with zero attached hydrogens (tertiary/aromatic N) is 1. The summed E-state index contributed by atoms with van der Waals surface area (Å²) in [6.07, 6.45) is 0. The molecule has 0 radical (unpaired) electrons. The molecule has 0 aliphatic rings. The maximum absolute atomic E-state index is 10.9. The molecule has 0 unspecified atom stereocenters. The van der Waals surface area contributed by atoms with Crippen LogP contribution in [0.1, 0.15) is 7.43 Å². The van der Waals surface area contributed by atoms with Crippen molar-refractivity contribution < 1.29 is 33.4 Å². The molecule has 100 valence electrons. The SMILES string of the molecule is C.O=S(=O)(O)N(C(CO)CO)C(CO)CO. The van der Waals surface area contributed by atoms with Crippen molar-refractivity contribution in [1.82, 2.24) is 4.31 Å². The van der Waals surface area contributed by atoms with Crippen molar-refractivity contribution in [3.8, 4) is 0 Å². The van der Waals surface area contributed by atoms with E-state index < -0.39 is 48.8 Å². The van der Waals surface area contributed by atoms with Gasteiger partial charge in [-0.05, 0) is 0 Å². The molecule has 0 bridgehead atoms. The zero-order valence-electron chi connectivity index (χ0n) is 7.89. The molecule has 0 heterocycles. The van der Waals surface area contributed by atoms with Crippen LogP contribution < -0.4 is 0 Å². The highest BCUT2D eigenvalue weighted by atomic mass is 32.2. The molecule has 0 aliphatic heterocycles. The van der Waals surface area contributed by atoms with Crippen molar-refractivity contribution in [3.05, 3.63) is 0 Å². The van der Waals surface area contributed by atoms with Gasteiger partial charge in [-0.1, -0.05) is 7.43 Å². The summed E-state index contributed by atoms with van der Waals surface area (Å²) in [5.41, 5.74) is 0. The van der Waals surface area contributed by atoms with Crippen molar-refractivity contribution >= 4 is 10.3 Å². The lowest BCUT2D eigenvalue weighted by Crippen LogP contribution is -2.53. The van der Waals surface area contributed by atoms with Gasteiger partial charge in [0, 0.05) is 0 Å². The molecule has 0 aromatic carbocycles. The Morgan fingerprint density at radius 3 is 1.25 bits per heavy atom. The monoisotopic (exact) mass is 261 g/mol. The van der Waals surface area contributed by atoms with Crippen LogP contribution in [0.15, 0.2) is 0 Å². The molecule has 0 atom stereocenters. The molecule has 8 nitrogen and oxygen atoms in total. The first-order chi connectivity index (χ1) is 6.92. The van der Waals surface area contributed by atoms with Gasteiger partial charge >= 0.3 is 10.3 Å². The van der Waals surface area contributed by atoms with Crippen molar-refractivity contribution in [1.29, 1.82) is 0 Å². The van der Waals surface area contributed by atoms with Crippen LogP contribution in [0.5, 0.6) is 0 Å². The Kier molecular flexibility index (Phi) is 8.93. The summed E-state index contributed by atoms with van der Waals surface area (Å²) in [5.74, 6) is 0. The fourth-order valence-corrected chi connectivity index (χ4v) is 2.13. The molecule has 0 spiro atoms. The first-order valence-corrected chi connectivity index (χ1v) is 5.51. The van der Waals surface area contributed by atoms with E-state index in [0.29, 0.717) is 0 Å². The first-order valence-electron chi connectivity index (χ1n) is 4.11. The van der Waals surface area contributed by atoms with E-state index in [1.165, 1.54) is 0 Å². The normalized spacial score (nSPS) is 12.2. The lowest BCUT2D eigenvalue weighted by atomic mass is 10.2. The molecule has 0 aliphatic carbocycles. The zero-order valence-corrected chi connectivity index (χ0v) is 8.71. The zero-order chi connectivity index (χ0) is 12.1. The number of rotatable bonds is 7. The third-order valence-electron chi connectivity index (χ3n) is 1.83. The maximum Gasteiger partial charge on any atom is 0.336 e. The standard InChI is InChI=1S/C6H15NO7S.CH4/c8-1-5(2-9)7(15(12,13)14)6(3-10)4-11;/h5-6,8-11H,1-4H2,(H,12,13,14);1H4. The van der Waals surface area contributed by atoms with Crippen molar-refractivity contribution in [2.24, 2.45) is 0 Å². The summed E-state index contributed by atoms with van der Waals surface area (Å²) in [5, 5.41) is 35.0. The molecule has 16 heavy (non-hydrogen) atoms. The summed E-state index contributed by atoms with van der Waals surface area (Å²) in [6, 6.07) is -2.60. The fraction of sp³-hybridized carbons (Fsp3) is 1.00. The Morgan fingerprint density at radius 1 is 0.875 bits per heavy atom. The van der Waals surface area contributed by atoms with Crippen molar-refractivity contribution in [2.45, 2.75) is 19.5 Å². The van der Waals surface area contributed by atoms with Crippen molar-refractivity contribution in [2.75, 3.05) is 26.4 Å². The van der Waals surface area contributed by atoms with Crippen molar-refractivity contribution in [3.63, 3.8) is 0 Å². The van der Waals surface area contributed by atoms with Crippen LogP contribution >= 0.6 is 0 Å². The van der Waals surface area contributed by atoms with Gasteiger partial charge in [0.1, 0.15) is 0 Å². The second-order valence-corrected chi connectivity index (χ2v) is 4.16. The van der Waals surface area contributed by atoms with E-state index in [9.17, 15) is 8.42 Å². The predicted octanol–water partition coefficient (Wildman–Crippen LogP) is -2.57. The largest absolute Gasteiger partial charge is 0.395 e. The van der Waals surface area contributed by atoms with Crippen LogP contribution in [0.25, 0.3) is 0 Å². The number of aliphatic hydroxyl groups excluding tert-OH is 4. The van der Waals surface area contributed by atoms with E-state index in [1.807, 2.05) is 0 Å². The highest BCUT2D eigenvalue weighted by Gasteiger charge is 2.34. The van der Waals surface area contributed by atoms with Gasteiger partial charge in [-0.15, -0.1) is 0 Å². The van der Waals surface area contributed by atoms with Gasteiger partial charge in [0.15, 0.2) is 0 Å². The lowest BCUT2D eigenvalue weighted by molar-refractivity contribution is 0.0493. The fourth-order valence-electron chi connectivity index (χ4n) is 1.11. The molecular formula is C7H19NO7S. The molecule has 0 aromatic rings. The highest BCUT2D eigenvalue weighted by molar-refractivity contribution is 7.83. The lowest BCUT2D eigenvalue weighted by Gasteiger charge is -2.30. The van der Waals surface area contributed by atoms with Crippen LogP contribution in [0.4, 0.5) is 0 Å². The van der Waals surface area contributed by atoms with E-state index in [2.05, 4.69) is 0 Å². The summed E-state index contributed by atoms with van der Waals surface area (Å²) in [4.78, 5) is 0. The highest BCUT2D eigenvalue weighted by Crippen LogP contribution is 2.10. The number of hydrogen-bond donors (Lipinski definition) is 5. The van der Waals surface area contributed by atoms with Crippen LogP contribution in [0, 0.1) is 0 Å². The average molecular weight is 261 g/mol. The minimum atomic E-state index is -4.72. The molecule has 0 fully saturated rings. The third kappa shape index (κ3) is 4.70. The summed E-state index contributed by atoms with van der Waals surface area (Å²) in [7, 11) is -4.72. The van der Waals surface area contributed by atoms with Gasteiger partial charge in [0.2, 0.25) is 0 Å². The smallest absolute Gasteiger partial charge is 0.336 e. The molecular weight excluding hydrogens is 242 g/mol. The van der Waals surface area contributed by atoms with Gasteiger partial charge < -0.3 is 20.4 Å². The van der Waals surface area contributed by atoms with Gasteiger partial charge in [0.25, 0.3) is 0 Å². The Hall–Kier alpha value is -0.290. The minimum Gasteiger partial charge on any atom is -0.395 e. The van der Waals surface area contributed by atoms with E-state index in [4.69, 9.17) is 25.0 Å². The molecule has 9 heteroatoms. The van der Waals surface area contributed by atoms with Gasteiger partial charge in [0.05, 0.1) is 38.5 Å². The van der Waals surface area contributed by atoms with E-state index in [-0.39, 0.29) is 11.7 Å². The van der Waals surface area contributed by atoms with E-state index in [1.54, 1.807) is 0 Å². The van der Waals surface area contributed by atoms with E-state index >= 15 is 0 Å². The summed E-state index contributed by atoms with van der Waals surface area (Å²) in [6.45, 7) is -2.97. The minimum absolute atomic E-state index is 0.